The summed E-state index contributed by atoms with van der Waals surface area (Å²) in [5, 5.41) is 0. The third-order valence-electron chi connectivity index (χ3n) is 6.04. The first-order valence-corrected chi connectivity index (χ1v) is 11.8. The number of esters is 1. The molecule has 0 bridgehead atoms. The number of carbonyl (C=O) groups excluding carboxylic acids is 1. The Morgan fingerprint density at radius 3 is 1.62 bits per heavy atom. The summed E-state index contributed by atoms with van der Waals surface area (Å²) in [5.41, 5.74) is 1.31. The van der Waals surface area contributed by atoms with Crippen molar-refractivity contribution >= 4 is 5.97 Å². The SMILES string of the molecule is CCCc1c(F)c(F)c(CCc2ccc(C(=O)Oc3ccc(-c4ccc(F)cc4)cc3)cc2)c(F)c1F. The fourth-order valence-electron chi connectivity index (χ4n) is 4.01. The lowest BCUT2D eigenvalue weighted by Crippen LogP contribution is -2.10. The number of rotatable bonds is 8. The third-order valence-corrected chi connectivity index (χ3v) is 6.04. The molecule has 7 heteroatoms. The first-order chi connectivity index (χ1) is 17.8. The molecule has 37 heavy (non-hydrogen) atoms. The summed E-state index contributed by atoms with van der Waals surface area (Å²) in [6.07, 6.45) is 0.117. The van der Waals surface area contributed by atoms with Crippen molar-refractivity contribution in [1.29, 1.82) is 0 Å². The number of hydrogen-bond acceptors (Lipinski definition) is 2. The number of hydrogen-bond donors (Lipinski definition) is 0. The van der Waals surface area contributed by atoms with Crippen LogP contribution in [0, 0.1) is 29.1 Å². The van der Waals surface area contributed by atoms with Gasteiger partial charge in [0.1, 0.15) is 11.6 Å². The van der Waals surface area contributed by atoms with Gasteiger partial charge >= 0.3 is 5.97 Å². The zero-order valence-corrected chi connectivity index (χ0v) is 20.0. The molecular formula is C30H23F5O2. The molecule has 2 nitrogen and oxygen atoms in total. The maximum Gasteiger partial charge on any atom is 0.343 e. The van der Waals surface area contributed by atoms with E-state index in [0.717, 1.165) is 11.1 Å². The first-order valence-electron chi connectivity index (χ1n) is 11.8. The van der Waals surface area contributed by atoms with Crippen molar-refractivity contribution in [2.45, 2.75) is 32.6 Å². The van der Waals surface area contributed by atoms with Crippen LogP contribution < -0.4 is 4.74 Å². The fraction of sp³-hybridized carbons (Fsp3) is 0.167. The maximum atomic E-state index is 14.4. The van der Waals surface area contributed by atoms with E-state index in [0.29, 0.717) is 17.7 Å². The lowest BCUT2D eigenvalue weighted by Gasteiger charge is -2.12. The van der Waals surface area contributed by atoms with Crippen LogP contribution in [0.25, 0.3) is 11.1 Å². The zero-order valence-electron chi connectivity index (χ0n) is 20.0. The molecule has 0 aliphatic heterocycles. The molecule has 4 rings (SSSR count). The van der Waals surface area contributed by atoms with Crippen molar-refractivity contribution in [3.05, 3.63) is 124 Å². The Hall–Kier alpha value is -4.00. The van der Waals surface area contributed by atoms with Crippen LogP contribution in [-0.2, 0) is 19.3 Å². The van der Waals surface area contributed by atoms with Crippen LogP contribution in [-0.4, -0.2) is 5.97 Å². The molecule has 0 heterocycles. The van der Waals surface area contributed by atoms with Gasteiger partial charge in [-0.15, -0.1) is 0 Å². The number of benzene rings is 4. The molecule has 0 amide bonds. The molecule has 0 aromatic heterocycles. The van der Waals surface area contributed by atoms with Gasteiger partial charge < -0.3 is 4.74 Å². The Balaban J connectivity index is 1.39. The number of carbonyl (C=O) groups is 1. The molecule has 0 aliphatic rings. The molecule has 0 atom stereocenters. The number of halogens is 5. The Morgan fingerprint density at radius 1 is 0.622 bits per heavy atom. The van der Waals surface area contributed by atoms with E-state index < -0.39 is 40.4 Å². The van der Waals surface area contributed by atoms with E-state index in [4.69, 9.17) is 4.74 Å². The second-order valence-corrected chi connectivity index (χ2v) is 8.58. The minimum atomic E-state index is -1.37. The molecule has 0 saturated carbocycles. The molecule has 0 radical (unpaired) electrons. The Bertz CT molecular complexity index is 1370. The second-order valence-electron chi connectivity index (χ2n) is 8.58. The van der Waals surface area contributed by atoms with E-state index in [1.807, 2.05) is 0 Å². The standard InChI is InChI=1S/C30H23F5O2/c1-2-3-24-26(32)28(34)25(29(35)27(24)33)17-6-18-4-7-21(8-5-18)30(36)37-23-15-11-20(12-16-23)19-9-13-22(31)14-10-19/h4-5,7-16H,2-3,6,17H2,1H3. The highest BCUT2D eigenvalue weighted by molar-refractivity contribution is 5.91. The van der Waals surface area contributed by atoms with Crippen LogP contribution in [0.3, 0.4) is 0 Å². The average molecular weight is 511 g/mol. The molecular weight excluding hydrogens is 487 g/mol. The summed E-state index contributed by atoms with van der Waals surface area (Å²) >= 11 is 0. The van der Waals surface area contributed by atoms with E-state index in [2.05, 4.69) is 0 Å². The molecule has 0 N–H and O–H groups in total. The summed E-state index contributed by atoms with van der Waals surface area (Å²) in [4.78, 5) is 12.5. The van der Waals surface area contributed by atoms with Crippen LogP contribution in [0.1, 0.15) is 40.4 Å². The highest BCUT2D eigenvalue weighted by Gasteiger charge is 2.24. The molecule has 0 aliphatic carbocycles. The topological polar surface area (TPSA) is 26.3 Å². The monoisotopic (exact) mass is 510 g/mol. The van der Waals surface area contributed by atoms with Gasteiger partial charge in [-0.05, 0) is 72.4 Å². The summed E-state index contributed by atoms with van der Waals surface area (Å²) in [6.45, 7) is 1.66. The molecule has 0 unspecified atom stereocenters. The van der Waals surface area contributed by atoms with E-state index in [1.54, 1.807) is 55.5 Å². The molecule has 4 aromatic rings. The van der Waals surface area contributed by atoms with Gasteiger partial charge in [0.25, 0.3) is 0 Å². The number of aryl methyl sites for hydroxylation is 1. The first kappa shape index (κ1) is 26.1. The van der Waals surface area contributed by atoms with E-state index in [-0.39, 0.29) is 30.6 Å². The van der Waals surface area contributed by atoms with Gasteiger partial charge in [0.15, 0.2) is 23.3 Å². The molecule has 4 aromatic carbocycles. The molecule has 0 spiro atoms. The van der Waals surface area contributed by atoms with Crippen molar-refractivity contribution in [3.8, 4) is 16.9 Å². The summed E-state index contributed by atoms with van der Waals surface area (Å²) in [7, 11) is 0. The minimum Gasteiger partial charge on any atom is -0.423 e. The van der Waals surface area contributed by atoms with Crippen LogP contribution in [0.15, 0.2) is 72.8 Å². The van der Waals surface area contributed by atoms with E-state index in [9.17, 15) is 26.7 Å². The van der Waals surface area contributed by atoms with Crippen molar-refractivity contribution in [1.82, 2.24) is 0 Å². The molecule has 0 saturated heterocycles. The highest BCUT2D eigenvalue weighted by atomic mass is 19.2. The third kappa shape index (κ3) is 5.88. The lowest BCUT2D eigenvalue weighted by molar-refractivity contribution is 0.0734. The quantitative estimate of drug-likeness (QED) is 0.104. The molecule has 190 valence electrons. The fourth-order valence-corrected chi connectivity index (χ4v) is 4.01. The van der Waals surface area contributed by atoms with Crippen LogP contribution in [0.2, 0.25) is 0 Å². The largest absolute Gasteiger partial charge is 0.423 e. The maximum absolute atomic E-state index is 14.4. The lowest BCUT2D eigenvalue weighted by atomic mass is 9.98. The van der Waals surface area contributed by atoms with Gasteiger partial charge in [0, 0.05) is 11.1 Å². The van der Waals surface area contributed by atoms with Gasteiger partial charge in [-0.25, -0.2) is 26.7 Å². The normalized spacial score (nSPS) is 11.0. The van der Waals surface area contributed by atoms with Crippen molar-refractivity contribution in [2.75, 3.05) is 0 Å². The Morgan fingerprint density at radius 2 is 1.11 bits per heavy atom. The van der Waals surface area contributed by atoms with Gasteiger partial charge in [0.05, 0.1) is 5.56 Å². The Kier molecular flexibility index (Phi) is 8.01. The van der Waals surface area contributed by atoms with Gasteiger partial charge in [-0.3, -0.25) is 0 Å². The van der Waals surface area contributed by atoms with Crippen LogP contribution >= 0.6 is 0 Å². The van der Waals surface area contributed by atoms with Crippen LogP contribution in [0.4, 0.5) is 22.0 Å². The highest BCUT2D eigenvalue weighted by Crippen LogP contribution is 2.27. The summed E-state index contributed by atoms with van der Waals surface area (Å²) in [5.74, 6) is -6.04. The van der Waals surface area contributed by atoms with Crippen LogP contribution in [0.5, 0.6) is 5.75 Å². The summed E-state index contributed by atoms with van der Waals surface area (Å²) < 4.78 is 75.7. The van der Waals surface area contributed by atoms with Crippen molar-refractivity contribution < 1.29 is 31.5 Å². The average Bonchev–Trinajstić information content (AvgIpc) is 2.91. The Labute approximate surface area is 211 Å². The second kappa shape index (κ2) is 11.4. The van der Waals surface area contributed by atoms with E-state index in [1.165, 1.54) is 24.3 Å². The smallest absolute Gasteiger partial charge is 0.343 e. The van der Waals surface area contributed by atoms with Gasteiger partial charge in [-0.1, -0.05) is 49.7 Å². The van der Waals surface area contributed by atoms with Gasteiger partial charge in [-0.2, -0.15) is 0 Å². The number of ether oxygens (including phenoxy) is 1. The summed E-state index contributed by atoms with van der Waals surface area (Å²) in [6, 6.07) is 18.9. The molecule has 0 fully saturated rings. The predicted octanol–water partition coefficient (Wildman–Crippen LogP) is 8.01. The zero-order chi connectivity index (χ0) is 26.5. The minimum absolute atomic E-state index is 0.0955. The predicted molar refractivity (Wildman–Crippen MR) is 131 cm³/mol. The van der Waals surface area contributed by atoms with Crippen molar-refractivity contribution in [2.24, 2.45) is 0 Å². The van der Waals surface area contributed by atoms with Crippen molar-refractivity contribution in [3.63, 3.8) is 0 Å². The van der Waals surface area contributed by atoms with E-state index >= 15 is 0 Å². The van der Waals surface area contributed by atoms with Gasteiger partial charge in [0.2, 0.25) is 0 Å².